The number of carbonyl (C=O) groups excluding carboxylic acids is 1. The molecule has 0 unspecified atom stereocenters. The highest BCUT2D eigenvalue weighted by molar-refractivity contribution is 5.87. The van der Waals surface area contributed by atoms with Gasteiger partial charge in [0.2, 0.25) is 5.91 Å². The largest absolute Gasteiger partial charge is 0.493 e. The Labute approximate surface area is 144 Å². The number of carbonyl (C=O) groups is 1. The maximum Gasteiger partial charge on any atom is 0.230 e. The van der Waals surface area contributed by atoms with Crippen molar-refractivity contribution in [1.29, 1.82) is 0 Å². The highest BCUT2D eigenvalue weighted by Gasteiger charge is 2.32. The lowest BCUT2D eigenvalue weighted by Crippen LogP contribution is -2.44. The fourth-order valence-electron chi connectivity index (χ4n) is 2.73. The molecule has 0 saturated carbocycles. The van der Waals surface area contributed by atoms with Crippen LogP contribution < -0.4 is 10.1 Å². The molecule has 4 heteroatoms. The molecular weight excluding hydrogens is 302 g/mol. The molecule has 1 amide bonds. The lowest BCUT2D eigenvalue weighted by molar-refractivity contribution is -0.126. The van der Waals surface area contributed by atoms with Gasteiger partial charge in [-0.3, -0.25) is 4.79 Å². The van der Waals surface area contributed by atoms with Crippen LogP contribution in [-0.2, 0) is 10.2 Å². The van der Waals surface area contributed by atoms with Crippen LogP contribution in [0.1, 0.15) is 39.7 Å². The van der Waals surface area contributed by atoms with Gasteiger partial charge in [0.25, 0.3) is 0 Å². The zero-order valence-electron chi connectivity index (χ0n) is 15.1. The Hall–Kier alpha value is -1.81. The van der Waals surface area contributed by atoms with E-state index in [4.69, 9.17) is 4.74 Å². The van der Waals surface area contributed by atoms with Crippen molar-refractivity contribution in [3.63, 3.8) is 0 Å². The van der Waals surface area contributed by atoms with Gasteiger partial charge in [0.15, 0.2) is 0 Å². The van der Waals surface area contributed by atoms with E-state index in [2.05, 4.69) is 19.2 Å². The number of hydrogen-bond acceptors (Lipinski definition) is 3. The first-order chi connectivity index (χ1) is 11.3. The average molecular weight is 331 g/mol. The van der Waals surface area contributed by atoms with E-state index in [0.29, 0.717) is 12.5 Å². The summed E-state index contributed by atoms with van der Waals surface area (Å²) >= 11 is 0. The van der Waals surface area contributed by atoms with E-state index in [9.17, 15) is 9.90 Å². The Bertz CT molecular complexity index is 575. The van der Waals surface area contributed by atoms with E-state index < -0.39 is 5.41 Å². The summed E-state index contributed by atoms with van der Waals surface area (Å²) in [4.78, 5) is 12.7. The first-order valence-electron chi connectivity index (χ1n) is 8.66. The monoisotopic (exact) mass is 331 g/mol. The van der Waals surface area contributed by atoms with Gasteiger partial charge in [0.05, 0.1) is 12.0 Å². The summed E-state index contributed by atoms with van der Waals surface area (Å²) in [6.45, 7) is 8.89. The minimum absolute atomic E-state index is 0.00238. The van der Waals surface area contributed by atoms with Crippen molar-refractivity contribution in [2.75, 3.05) is 13.2 Å². The van der Waals surface area contributed by atoms with Crippen LogP contribution in [0.25, 0.3) is 0 Å². The summed E-state index contributed by atoms with van der Waals surface area (Å²) < 4.78 is 5.69. The number of benzene rings is 1. The standard InChI is InChI=1S/C20H29NO3/c1-14(2)13-24-18-9-6-16(7-10-18)20(3,4)19(23)21-17-8-5-15(11-17)12-22/h5-10,14-15,17,22H,11-13H2,1-4H3,(H,21,23)/t15-,17+/m0/s1. The maximum absolute atomic E-state index is 12.7. The minimum Gasteiger partial charge on any atom is -0.493 e. The molecule has 0 saturated heterocycles. The molecule has 2 N–H and O–H groups in total. The fraction of sp³-hybridized carbons (Fsp3) is 0.550. The first-order valence-corrected chi connectivity index (χ1v) is 8.66. The van der Waals surface area contributed by atoms with Gasteiger partial charge < -0.3 is 15.2 Å². The molecule has 24 heavy (non-hydrogen) atoms. The van der Waals surface area contributed by atoms with E-state index in [0.717, 1.165) is 17.7 Å². The van der Waals surface area contributed by atoms with Crippen LogP contribution in [0.3, 0.4) is 0 Å². The molecule has 0 radical (unpaired) electrons. The van der Waals surface area contributed by atoms with Gasteiger partial charge in [-0.1, -0.05) is 38.1 Å². The Morgan fingerprint density at radius 1 is 1.29 bits per heavy atom. The second-order valence-corrected chi connectivity index (χ2v) is 7.50. The lowest BCUT2D eigenvalue weighted by Gasteiger charge is -2.26. The molecule has 0 aliphatic heterocycles. The first kappa shape index (κ1) is 18.5. The van der Waals surface area contributed by atoms with Gasteiger partial charge in [0, 0.05) is 18.6 Å². The molecule has 1 aromatic rings. The number of rotatable bonds is 7. The number of ether oxygens (including phenoxy) is 1. The summed E-state index contributed by atoms with van der Waals surface area (Å²) in [5.74, 6) is 1.45. The van der Waals surface area contributed by atoms with Gasteiger partial charge in [-0.05, 0) is 43.9 Å². The maximum atomic E-state index is 12.7. The van der Waals surface area contributed by atoms with Crippen molar-refractivity contribution in [2.24, 2.45) is 11.8 Å². The SMILES string of the molecule is CC(C)COc1ccc(C(C)(C)C(=O)N[C@@H]2C=C[C@H](CO)C2)cc1. The third-order valence-corrected chi connectivity index (χ3v) is 4.45. The number of nitrogens with one attached hydrogen (secondary N) is 1. The minimum atomic E-state index is -0.623. The second-order valence-electron chi connectivity index (χ2n) is 7.50. The predicted octanol–water partition coefficient (Wildman–Crippen LogP) is 3.05. The Kier molecular flexibility index (Phi) is 6.05. The van der Waals surface area contributed by atoms with Crippen molar-refractivity contribution >= 4 is 5.91 Å². The van der Waals surface area contributed by atoms with E-state index in [1.54, 1.807) is 0 Å². The Morgan fingerprint density at radius 3 is 2.50 bits per heavy atom. The third-order valence-electron chi connectivity index (χ3n) is 4.45. The van der Waals surface area contributed by atoms with Crippen LogP contribution >= 0.6 is 0 Å². The summed E-state index contributed by atoms with van der Waals surface area (Å²) in [5, 5.41) is 12.3. The summed E-state index contributed by atoms with van der Waals surface area (Å²) in [5.41, 5.74) is 0.333. The van der Waals surface area contributed by atoms with Gasteiger partial charge in [-0.15, -0.1) is 0 Å². The number of aliphatic hydroxyl groups is 1. The molecule has 0 heterocycles. The molecule has 0 spiro atoms. The highest BCUT2D eigenvalue weighted by atomic mass is 16.5. The molecule has 0 bridgehead atoms. The van der Waals surface area contributed by atoms with Crippen LogP contribution in [0, 0.1) is 11.8 Å². The third kappa shape index (κ3) is 4.60. The second kappa shape index (κ2) is 7.84. The number of hydrogen-bond donors (Lipinski definition) is 2. The van der Waals surface area contributed by atoms with Crippen molar-refractivity contribution in [1.82, 2.24) is 5.32 Å². The molecule has 1 aliphatic rings. The van der Waals surface area contributed by atoms with Crippen LogP contribution in [0.4, 0.5) is 0 Å². The van der Waals surface area contributed by atoms with Crippen molar-refractivity contribution in [2.45, 2.75) is 45.6 Å². The summed E-state index contributed by atoms with van der Waals surface area (Å²) in [7, 11) is 0. The molecule has 0 fully saturated rings. The highest BCUT2D eigenvalue weighted by Crippen LogP contribution is 2.27. The molecule has 2 atom stereocenters. The summed E-state index contributed by atoms with van der Waals surface area (Å²) in [6.07, 6.45) is 4.71. The van der Waals surface area contributed by atoms with Crippen LogP contribution in [0.15, 0.2) is 36.4 Å². The van der Waals surface area contributed by atoms with Gasteiger partial charge in [-0.2, -0.15) is 0 Å². The van der Waals surface area contributed by atoms with Crippen molar-refractivity contribution in [3.05, 3.63) is 42.0 Å². The van der Waals surface area contributed by atoms with Crippen LogP contribution in [-0.4, -0.2) is 30.3 Å². The number of amides is 1. The smallest absolute Gasteiger partial charge is 0.230 e. The molecule has 1 aliphatic carbocycles. The quantitative estimate of drug-likeness (QED) is 0.755. The molecule has 1 aromatic carbocycles. The van der Waals surface area contributed by atoms with Crippen molar-refractivity contribution in [3.8, 4) is 5.75 Å². The normalized spacial score (nSPS) is 20.4. The van der Waals surface area contributed by atoms with E-state index in [-0.39, 0.29) is 24.5 Å². The van der Waals surface area contributed by atoms with Gasteiger partial charge in [0.1, 0.15) is 5.75 Å². The van der Waals surface area contributed by atoms with Gasteiger partial charge in [-0.25, -0.2) is 0 Å². The fourth-order valence-corrected chi connectivity index (χ4v) is 2.73. The zero-order valence-corrected chi connectivity index (χ0v) is 15.1. The molecular formula is C20H29NO3. The molecule has 132 valence electrons. The van der Waals surface area contributed by atoms with E-state index >= 15 is 0 Å². The Morgan fingerprint density at radius 2 is 1.96 bits per heavy atom. The van der Waals surface area contributed by atoms with E-state index in [1.807, 2.05) is 50.3 Å². The topological polar surface area (TPSA) is 58.6 Å². The summed E-state index contributed by atoms with van der Waals surface area (Å²) in [6, 6.07) is 7.75. The van der Waals surface area contributed by atoms with Crippen molar-refractivity contribution < 1.29 is 14.6 Å². The van der Waals surface area contributed by atoms with Crippen LogP contribution in [0.2, 0.25) is 0 Å². The molecule has 2 rings (SSSR count). The average Bonchev–Trinajstić information content (AvgIpc) is 3.01. The zero-order chi connectivity index (χ0) is 17.7. The predicted molar refractivity (Wildman–Crippen MR) is 96.1 cm³/mol. The molecule has 4 nitrogen and oxygen atoms in total. The Balaban J connectivity index is 1.98. The lowest BCUT2D eigenvalue weighted by atomic mass is 9.83. The number of aliphatic hydroxyl groups excluding tert-OH is 1. The molecule has 0 aromatic heterocycles. The van der Waals surface area contributed by atoms with Gasteiger partial charge >= 0.3 is 0 Å². The van der Waals surface area contributed by atoms with E-state index in [1.165, 1.54) is 0 Å². The van der Waals surface area contributed by atoms with Crippen LogP contribution in [0.5, 0.6) is 5.75 Å².